The van der Waals surface area contributed by atoms with E-state index in [1.807, 2.05) is 6.92 Å². The Hall–Kier alpha value is -0.860. The van der Waals surface area contributed by atoms with Crippen LogP contribution in [0.2, 0.25) is 0 Å². The Bertz CT molecular complexity index is 608. The molecule has 0 aliphatic carbocycles. The van der Waals surface area contributed by atoms with Crippen LogP contribution in [0.15, 0.2) is 22.7 Å². The number of ether oxygens (including phenoxy) is 1. The van der Waals surface area contributed by atoms with E-state index in [0.717, 1.165) is 0 Å². The first-order valence-electron chi connectivity index (χ1n) is 6.17. The van der Waals surface area contributed by atoms with Gasteiger partial charge < -0.3 is 4.74 Å². The largest absolute Gasteiger partial charge is 0.493 e. The summed E-state index contributed by atoms with van der Waals surface area (Å²) in [4.78, 5) is 10.2. The summed E-state index contributed by atoms with van der Waals surface area (Å²) in [5, 5.41) is 10.7. The summed E-state index contributed by atoms with van der Waals surface area (Å²) in [5.74, 6) is 0.451. The van der Waals surface area contributed by atoms with Gasteiger partial charge in [-0.25, -0.2) is 8.42 Å². The van der Waals surface area contributed by atoms with E-state index in [-0.39, 0.29) is 17.4 Å². The lowest BCUT2D eigenvalue weighted by Gasteiger charge is -2.11. The average molecular weight is 401 g/mol. The Morgan fingerprint density at radius 2 is 2.05 bits per heavy atom. The highest BCUT2D eigenvalue weighted by Crippen LogP contribution is 2.26. The van der Waals surface area contributed by atoms with Gasteiger partial charge in [0.1, 0.15) is 5.75 Å². The molecule has 0 aliphatic heterocycles. The molecule has 0 aromatic heterocycles. The van der Waals surface area contributed by atoms with Crippen LogP contribution in [-0.2, 0) is 9.05 Å². The second-order valence-electron chi connectivity index (χ2n) is 4.68. The minimum atomic E-state index is -3.47. The van der Waals surface area contributed by atoms with Gasteiger partial charge in [0.05, 0.1) is 23.3 Å². The molecule has 6 nitrogen and oxygen atoms in total. The van der Waals surface area contributed by atoms with Gasteiger partial charge in [-0.05, 0) is 24.8 Å². The molecule has 0 heterocycles. The standard InChI is InChI=1S/C12H15BrClNO5S/c1-9(3-5-21(14,18)19)2-4-20-12-7-10(13)6-11(8-12)15(16)17/h6-9H,2-5H2,1H3. The van der Waals surface area contributed by atoms with E-state index in [4.69, 9.17) is 15.4 Å². The first kappa shape index (κ1) is 18.2. The first-order chi connectivity index (χ1) is 9.67. The Morgan fingerprint density at radius 3 is 2.62 bits per heavy atom. The van der Waals surface area contributed by atoms with Crippen LogP contribution in [0.4, 0.5) is 5.69 Å². The molecular weight excluding hydrogens is 386 g/mol. The van der Waals surface area contributed by atoms with Crippen LogP contribution in [0.1, 0.15) is 19.8 Å². The van der Waals surface area contributed by atoms with Crippen LogP contribution in [0, 0.1) is 16.0 Å². The third-order valence-electron chi connectivity index (χ3n) is 2.80. The number of hydrogen-bond acceptors (Lipinski definition) is 5. The molecule has 0 bridgehead atoms. The molecule has 118 valence electrons. The molecule has 1 aromatic rings. The zero-order valence-electron chi connectivity index (χ0n) is 11.3. The lowest BCUT2D eigenvalue weighted by molar-refractivity contribution is -0.385. The number of halogens is 2. The molecular formula is C12H15BrClNO5S. The molecule has 9 heteroatoms. The molecule has 1 rings (SSSR count). The molecule has 0 N–H and O–H groups in total. The van der Waals surface area contributed by atoms with E-state index >= 15 is 0 Å². The van der Waals surface area contributed by atoms with Crippen molar-refractivity contribution in [2.45, 2.75) is 19.8 Å². The summed E-state index contributed by atoms with van der Waals surface area (Å²) in [5.41, 5.74) is -0.0549. The van der Waals surface area contributed by atoms with Crippen molar-refractivity contribution in [3.05, 3.63) is 32.8 Å². The second kappa shape index (κ2) is 7.95. The minimum absolute atomic E-state index is 0.0549. The zero-order chi connectivity index (χ0) is 16.0. The molecule has 0 saturated heterocycles. The molecule has 0 fully saturated rings. The maximum Gasteiger partial charge on any atom is 0.274 e. The summed E-state index contributed by atoms with van der Waals surface area (Å²) < 4.78 is 27.7. The van der Waals surface area contributed by atoms with E-state index in [1.165, 1.54) is 12.1 Å². The molecule has 0 spiro atoms. The van der Waals surface area contributed by atoms with E-state index in [0.29, 0.717) is 29.7 Å². The van der Waals surface area contributed by atoms with Crippen LogP contribution in [0.5, 0.6) is 5.75 Å². The Balaban J connectivity index is 2.47. The molecule has 0 saturated carbocycles. The molecule has 21 heavy (non-hydrogen) atoms. The summed E-state index contributed by atoms with van der Waals surface area (Å²) in [6.45, 7) is 2.24. The predicted molar refractivity (Wildman–Crippen MR) is 84.3 cm³/mol. The van der Waals surface area contributed by atoms with Crippen molar-refractivity contribution in [3.63, 3.8) is 0 Å². The lowest BCUT2D eigenvalue weighted by atomic mass is 10.1. The number of benzene rings is 1. The topological polar surface area (TPSA) is 86.5 Å². The van der Waals surface area contributed by atoms with Crippen molar-refractivity contribution < 1.29 is 18.1 Å². The molecule has 1 aromatic carbocycles. The van der Waals surface area contributed by atoms with Gasteiger partial charge >= 0.3 is 0 Å². The Morgan fingerprint density at radius 1 is 1.38 bits per heavy atom. The number of nitro groups is 1. The SMILES string of the molecule is CC(CCOc1cc(Br)cc([N+](=O)[O-])c1)CCS(=O)(=O)Cl. The quantitative estimate of drug-likeness (QED) is 0.377. The fourth-order valence-corrected chi connectivity index (χ4v) is 3.01. The van der Waals surface area contributed by atoms with E-state index < -0.39 is 14.0 Å². The highest BCUT2D eigenvalue weighted by atomic mass is 79.9. The Kier molecular flexibility index (Phi) is 6.89. The van der Waals surface area contributed by atoms with E-state index in [9.17, 15) is 18.5 Å². The maximum absolute atomic E-state index is 10.8. The molecule has 0 radical (unpaired) electrons. The maximum atomic E-state index is 10.8. The Labute approximate surface area is 136 Å². The monoisotopic (exact) mass is 399 g/mol. The van der Waals surface area contributed by atoms with Gasteiger partial charge in [0.15, 0.2) is 0 Å². The first-order valence-corrected chi connectivity index (χ1v) is 9.44. The van der Waals surface area contributed by atoms with Crippen LogP contribution >= 0.6 is 26.6 Å². The molecule has 1 atom stereocenters. The van der Waals surface area contributed by atoms with Gasteiger partial charge in [-0.15, -0.1) is 0 Å². The van der Waals surface area contributed by atoms with E-state index in [2.05, 4.69) is 15.9 Å². The van der Waals surface area contributed by atoms with Crippen LogP contribution in [0.3, 0.4) is 0 Å². The van der Waals surface area contributed by atoms with Gasteiger partial charge in [0, 0.05) is 21.2 Å². The highest BCUT2D eigenvalue weighted by Gasteiger charge is 2.12. The van der Waals surface area contributed by atoms with Crippen molar-refractivity contribution >= 4 is 41.4 Å². The number of nitrogens with zero attached hydrogens (tertiary/aromatic N) is 1. The summed E-state index contributed by atoms with van der Waals surface area (Å²) in [6.07, 6.45) is 1.08. The summed E-state index contributed by atoms with van der Waals surface area (Å²) >= 11 is 3.18. The smallest absolute Gasteiger partial charge is 0.274 e. The van der Waals surface area contributed by atoms with Crippen molar-refractivity contribution in [2.75, 3.05) is 12.4 Å². The van der Waals surface area contributed by atoms with Gasteiger partial charge in [0.25, 0.3) is 5.69 Å². The van der Waals surface area contributed by atoms with Gasteiger partial charge in [-0.3, -0.25) is 10.1 Å². The molecule has 0 amide bonds. The number of non-ortho nitro benzene ring substituents is 1. The van der Waals surface area contributed by atoms with Crippen molar-refractivity contribution in [1.29, 1.82) is 0 Å². The second-order valence-corrected chi connectivity index (χ2v) is 8.49. The fourth-order valence-electron chi connectivity index (χ4n) is 1.60. The van der Waals surface area contributed by atoms with Crippen molar-refractivity contribution in [1.82, 2.24) is 0 Å². The summed E-state index contributed by atoms with van der Waals surface area (Å²) in [7, 11) is 1.68. The fraction of sp³-hybridized carbons (Fsp3) is 0.500. The van der Waals surface area contributed by atoms with Gasteiger partial charge in [-0.1, -0.05) is 22.9 Å². The van der Waals surface area contributed by atoms with Crippen LogP contribution in [-0.4, -0.2) is 25.7 Å². The molecule has 0 aliphatic rings. The zero-order valence-corrected chi connectivity index (χ0v) is 14.4. The van der Waals surface area contributed by atoms with Gasteiger partial charge in [-0.2, -0.15) is 0 Å². The van der Waals surface area contributed by atoms with Crippen molar-refractivity contribution in [3.8, 4) is 5.75 Å². The van der Waals surface area contributed by atoms with Crippen LogP contribution in [0.25, 0.3) is 0 Å². The average Bonchev–Trinajstić information content (AvgIpc) is 2.35. The lowest BCUT2D eigenvalue weighted by Crippen LogP contribution is -2.08. The predicted octanol–water partition coefficient (Wildman–Crippen LogP) is 3.72. The van der Waals surface area contributed by atoms with E-state index in [1.54, 1.807) is 6.07 Å². The summed E-state index contributed by atoms with van der Waals surface area (Å²) in [6, 6.07) is 4.38. The number of rotatable bonds is 8. The van der Waals surface area contributed by atoms with Gasteiger partial charge in [0.2, 0.25) is 9.05 Å². The highest BCUT2D eigenvalue weighted by molar-refractivity contribution is 9.10. The van der Waals surface area contributed by atoms with Crippen molar-refractivity contribution in [2.24, 2.45) is 5.92 Å². The third-order valence-corrected chi connectivity index (χ3v) is 4.44. The van der Waals surface area contributed by atoms with Crippen LogP contribution < -0.4 is 4.74 Å². The number of hydrogen-bond donors (Lipinski definition) is 0. The normalized spacial score (nSPS) is 12.9. The third kappa shape index (κ3) is 7.63. The number of nitro benzene ring substituents is 1. The molecule has 1 unspecified atom stereocenters. The minimum Gasteiger partial charge on any atom is -0.493 e.